The molecule has 0 radical (unpaired) electrons. The largest absolute Gasteiger partial charge is 0.325 e. The van der Waals surface area contributed by atoms with Gasteiger partial charge in [-0.3, -0.25) is 4.79 Å². The second kappa shape index (κ2) is 6.40. The summed E-state index contributed by atoms with van der Waals surface area (Å²) in [6.07, 6.45) is 1.85. The maximum Gasteiger partial charge on any atom is 0.227 e. The van der Waals surface area contributed by atoms with Crippen molar-refractivity contribution in [2.75, 3.05) is 11.9 Å². The van der Waals surface area contributed by atoms with E-state index in [4.69, 9.17) is 0 Å². The van der Waals surface area contributed by atoms with Gasteiger partial charge in [-0.1, -0.05) is 32.0 Å². The first kappa shape index (κ1) is 15.0. The van der Waals surface area contributed by atoms with Crippen LogP contribution in [0.4, 0.5) is 5.69 Å². The van der Waals surface area contributed by atoms with Crippen molar-refractivity contribution in [1.29, 1.82) is 0 Å². The average molecular weight is 274 g/mol. The predicted octanol–water partition coefficient (Wildman–Crippen LogP) is 3.45. The highest BCUT2D eigenvalue weighted by Gasteiger charge is 2.25. The van der Waals surface area contributed by atoms with E-state index < -0.39 is 0 Å². The molecule has 0 aromatic heterocycles. The molecule has 2 unspecified atom stereocenters. The standard InChI is InChI=1S/C17H26N2O/c1-11(2)15-7-5-6-12(3)16(15)19-17(20)14-8-9-18-13(4)10-14/h5-7,11,13-14,18H,8-10H2,1-4H3,(H,19,20). The van der Waals surface area contributed by atoms with Crippen LogP contribution in [0.1, 0.15) is 50.7 Å². The van der Waals surface area contributed by atoms with Crippen LogP contribution in [0.2, 0.25) is 0 Å². The molecule has 2 rings (SSSR count). The Morgan fingerprint density at radius 3 is 2.80 bits per heavy atom. The fraction of sp³-hybridized carbons (Fsp3) is 0.588. The number of amides is 1. The van der Waals surface area contributed by atoms with E-state index in [2.05, 4.69) is 56.5 Å². The van der Waals surface area contributed by atoms with E-state index in [-0.39, 0.29) is 11.8 Å². The lowest BCUT2D eigenvalue weighted by Crippen LogP contribution is -2.40. The van der Waals surface area contributed by atoms with E-state index in [0.29, 0.717) is 12.0 Å². The van der Waals surface area contributed by atoms with E-state index in [0.717, 1.165) is 30.6 Å². The van der Waals surface area contributed by atoms with Gasteiger partial charge in [-0.25, -0.2) is 0 Å². The Hall–Kier alpha value is -1.35. The molecule has 1 aliphatic rings. The quantitative estimate of drug-likeness (QED) is 0.886. The first-order chi connectivity index (χ1) is 9.49. The summed E-state index contributed by atoms with van der Waals surface area (Å²) < 4.78 is 0. The molecule has 0 saturated carbocycles. The number of hydrogen-bond acceptors (Lipinski definition) is 2. The smallest absolute Gasteiger partial charge is 0.227 e. The molecule has 1 fully saturated rings. The Morgan fingerprint density at radius 2 is 2.15 bits per heavy atom. The van der Waals surface area contributed by atoms with Crippen LogP contribution in [0.3, 0.4) is 0 Å². The van der Waals surface area contributed by atoms with E-state index >= 15 is 0 Å². The van der Waals surface area contributed by atoms with Gasteiger partial charge in [0.05, 0.1) is 0 Å². The number of para-hydroxylation sites is 1. The monoisotopic (exact) mass is 274 g/mol. The van der Waals surface area contributed by atoms with Gasteiger partial charge in [0.15, 0.2) is 0 Å². The molecule has 1 saturated heterocycles. The van der Waals surface area contributed by atoms with Gasteiger partial charge >= 0.3 is 0 Å². The topological polar surface area (TPSA) is 41.1 Å². The zero-order valence-electron chi connectivity index (χ0n) is 13.0. The minimum absolute atomic E-state index is 0.130. The van der Waals surface area contributed by atoms with Crippen molar-refractivity contribution < 1.29 is 4.79 Å². The number of carbonyl (C=O) groups excluding carboxylic acids is 1. The second-order valence-electron chi connectivity index (χ2n) is 6.26. The van der Waals surface area contributed by atoms with E-state index in [1.54, 1.807) is 0 Å². The molecule has 2 N–H and O–H groups in total. The lowest BCUT2D eigenvalue weighted by molar-refractivity contribution is -0.120. The summed E-state index contributed by atoms with van der Waals surface area (Å²) >= 11 is 0. The molecule has 0 spiro atoms. The summed E-state index contributed by atoms with van der Waals surface area (Å²) in [5.74, 6) is 0.720. The average Bonchev–Trinajstić information content (AvgIpc) is 2.40. The van der Waals surface area contributed by atoms with Gasteiger partial charge < -0.3 is 10.6 Å². The van der Waals surface area contributed by atoms with Crippen molar-refractivity contribution in [3.05, 3.63) is 29.3 Å². The van der Waals surface area contributed by atoms with Crippen LogP contribution in [-0.2, 0) is 4.79 Å². The lowest BCUT2D eigenvalue weighted by atomic mass is 9.91. The summed E-state index contributed by atoms with van der Waals surface area (Å²) in [6, 6.07) is 6.67. The molecule has 3 nitrogen and oxygen atoms in total. The number of benzene rings is 1. The molecule has 20 heavy (non-hydrogen) atoms. The summed E-state index contributed by atoms with van der Waals surface area (Å²) in [5.41, 5.74) is 3.38. The van der Waals surface area contributed by atoms with Crippen molar-refractivity contribution in [1.82, 2.24) is 5.32 Å². The van der Waals surface area contributed by atoms with Crippen molar-refractivity contribution in [3.8, 4) is 0 Å². The van der Waals surface area contributed by atoms with Crippen molar-refractivity contribution in [3.63, 3.8) is 0 Å². The molecular weight excluding hydrogens is 248 g/mol. The molecule has 2 atom stereocenters. The normalized spacial score (nSPS) is 22.9. The Kier molecular flexibility index (Phi) is 4.81. The minimum Gasteiger partial charge on any atom is -0.325 e. The van der Waals surface area contributed by atoms with E-state index in [1.807, 2.05) is 0 Å². The summed E-state index contributed by atoms with van der Waals surface area (Å²) in [4.78, 5) is 12.5. The SMILES string of the molecule is Cc1cccc(C(C)C)c1NC(=O)C1CCNC(C)C1. The summed E-state index contributed by atoms with van der Waals surface area (Å²) in [7, 11) is 0. The fourth-order valence-electron chi connectivity index (χ4n) is 2.94. The van der Waals surface area contributed by atoms with E-state index in [1.165, 1.54) is 5.56 Å². The van der Waals surface area contributed by atoms with Crippen LogP contribution in [-0.4, -0.2) is 18.5 Å². The van der Waals surface area contributed by atoms with Gasteiger partial charge in [0.25, 0.3) is 0 Å². The summed E-state index contributed by atoms with van der Waals surface area (Å²) in [5, 5.41) is 6.58. The van der Waals surface area contributed by atoms with Crippen LogP contribution in [0.15, 0.2) is 18.2 Å². The molecule has 0 aliphatic carbocycles. The third-order valence-corrected chi connectivity index (χ3v) is 4.17. The first-order valence-corrected chi connectivity index (χ1v) is 7.62. The Labute approximate surface area is 122 Å². The lowest BCUT2D eigenvalue weighted by Gasteiger charge is -2.28. The molecule has 110 valence electrons. The number of aryl methyl sites for hydroxylation is 1. The van der Waals surface area contributed by atoms with Crippen LogP contribution in [0.25, 0.3) is 0 Å². The minimum atomic E-state index is 0.130. The van der Waals surface area contributed by atoms with Gasteiger partial charge in [0.1, 0.15) is 0 Å². The van der Waals surface area contributed by atoms with Crippen molar-refractivity contribution in [2.45, 2.75) is 52.5 Å². The zero-order valence-corrected chi connectivity index (χ0v) is 13.0. The third kappa shape index (κ3) is 3.40. The molecular formula is C17H26N2O. The van der Waals surface area contributed by atoms with E-state index in [9.17, 15) is 4.79 Å². The van der Waals surface area contributed by atoms with Crippen molar-refractivity contribution in [2.24, 2.45) is 5.92 Å². The fourth-order valence-corrected chi connectivity index (χ4v) is 2.94. The Bertz CT molecular complexity index is 482. The highest BCUT2D eigenvalue weighted by molar-refractivity contribution is 5.94. The summed E-state index contributed by atoms with van der Waals surface area (Å²) in [6.45, 7) is 9.47. The molecule has 3 heteroatoms. The van der Waals surface area contributed by atoms with Gasteiger partial charge in [-0.05, 0) is 50.3 Å². The van der Waals surface area contributed by atoms with Crippen LogP contribution in [0, 0.1) is 12.8 Å². The highest BCUT2D eigenvalue weighted by atomic mass is 16.1. The highest BCUT2D eigenvalue weighted by Crippen LogP contribution is 2.28. The number of piperidine rings is 1. The Morgan fingerprint density at radius 1 is 1.40 bits per heavy atom. The van der Waals surface area contributed by atoms with Gasteiger partial charge in [-0.15, -0.1) is 0 Å². The number of hydrogen-bond donors (Lipinski definition) is 2. The van der Waals surface area contributed by atoms with Crippen molar-refractivity contribution >= 4 is 11.6 Å². The van der Waals surface area contributed by atoms with Gasteiger partial charge in [0, 0.05) is 17.6 Å². The number of carbonyl (C=O) groups is 1. The molecule has 1 heterocycles. The first-order valence-electron chi connectivity index (χ1n) is 7.62. The maximum absolute atomic E-state index is 12.5. The zero-order chi connectivity index (χ0) is 14.7. The molecule has 0 bridgehead atoms. The third-order valence-electron chi connectivity index (χ3n) is 4.17. The predicted molar refractivity (Wildman–Crippen MR) is 84.1 cm³/mol. The van der Waals surface area contributed by atoms with Crippen LogP contribution >= 0.6 is 0 Å². The van der Waals surface area contributed by atoms with Gasteiger partial charge in [-0.2, -0.15) is 0 Å². The number of anilines is 1. The molecule has 1 aromatic rings. The molecule has 1 aromatic carbocycles. The molecule has 1 amide bonds. The maximum atomic E-state index is 12.5. The van der Waals surface area contributed by atoms with Crippen LogP contribution in [0.5, 0.6) is 0 Å². The number of rotatable bonds is 3. The Balaban J connectivity index is 2.15. The number of nitrogens with one attached hydrogen (secondary N) is 2. The van der Waals surface area contributed by atoms with Crippen LogP contribution < -0.4 is 10.6 Å². The second-order valence-corrected chi connectivity index (χ2v) is 6.26. The van der Waals surface area contributed by atoms with Gasteiger partial charge in [0.2, 0.25) is 5.91 Å². The molecule has 1 aliphatic heterocycles.